The fourth-order valence-corrected chi connectivity index (χ4v) is 1.36. The highest BCUT2D eigenvalue weighted by molar-refractivity contribution is 5.81. The Morgan fingerprint density at radius 3 is 3.00 bits per heavy atom. The molecule has 2 heterocycles. The molecule has 0 radical (unpaired) electrons. The van der Waals surface area contributed by atoms with Gasteiger partial charge in [0.15, 0.2) is 11.5 Å². The fraction of sp³-hybridized carbons (Fsp3) is 0.125. The number of hydrazine groups is 1. The molecule has 0 aromatic carbocycles. The number of nitrogens with one attached hydrogen (secondary N) is 1. The lowest BCUT2D eigenvalue weighted by molar-refractivity contribution is 0.774. The van der Waals surface area contributed by atoms with Gasteiger partial charge in [-0.3, -0.25) is 5.84 Å². The summed E-state index contributed by atoms with van der Waals surface area (Å²) in [6.45, 7) is 0.428. The normalized spacial score (nSPS) is 11.9. The van der Waals surface area contributed by atoms with Crippen molar-refractivity contribution in [2.45, 2.75) is 6.54 Å². The zero-order valence-corrected chi connectivity index (χ0v) is 8.46. The standard InChI is InChI=1S/C8H12N8/c9-5(1-15-11)2-16-4-14-6-7(10)12-3-13-8(6)16/h1,3-4,15H,2,9,11H2,(H2,10,12,13)/b5-1-. The number of imidazole rings is 1. The van der Waals surface area contributed by atoms with E-state index in [9.17, 15) is 0 Å². The summed E-state index contributed by atoms with van der Waals surface area (Å²) in [5, 5.41) is 0. The molecule has 0 fully saturated rings. The van der Waals surface area contributed by atoms with Crippen molar-refractivity contribution >= 4 is 17.0 Å². The van der Waals surface area contributed by atoms with Gasteiger partial charge < -0.3 is 21.5 Å². The molecule has 0 saturated carbocycles. The van der Waals surface area contributed by atoms with Gasteiger partial charge in [-0.25, -0.2) is 15.0 Å². The average Bonchev–Trinajstić information content (AvgIpc) is 2.64. The molecule has 0 aliphatic carbocycles. The number of nitrogens with zero attached hydrogens (tertiary/aromatic N) is 4. The van der Waals surface area contributed by atoms with Crippen LogP contribution in [0.15, 0.2) is 24.6 Å². The van der Waals surface area contributed by atoms with Crippen molar-refractivity contribution in [1.82, 2.24) is 24.9 Å². The Morgan fingerprint density at radius 2 is 2.25 bits per heavy atom. The van der Waals surface area contributed by atoms with E-state index in [1.54, 1.807) is 10.9 Å². The number of nitrogen functional groups attached to an aromatic ring is 1. The molecule has 2 aromatic rings. The van der Waals surface area contributed by atoms with Gasteiger partial charge in [-0.2, -0.15) is 0 Å². The van der Waals surface area contributed by atoms with E-state index in [0.29, 0.717) is 29.2 Å². The Bertz CT molecular complexity index is 528. The van der Waals surface area contributed by atoms with Crippen LogP contribution in [0.5, 0.6) is 0 Å². The Morgan fingerprint density at radius 1 is 1.44 bits per heavy atom. The number of aromatic nitrogens is 4. The van der Waals surface area contributed by atoms with Crippen LogP contribution in [0, 0.1) is 0 Å². The van der Waals surface area contributed by atoms with E-state index in [-0.39, 0.29) is 0 Å². The molecule has 16 heavy (non-hydrogen) atoms. The maximum Gasteiger partial charge on any atom is 0.165 e. The topological polar surface area (TPSA) is 134 Å². The number of hydrogen-bond donors (Lipinski definition) is 4. The van der Waals surface area contributed by atoms with Crippen molar-refractivity contribution in [3.05, 3.63) is 24.6 Å². The Labute approximate surface area is 91.1 Å². The second-order valence-electron chi connectivity index (χ2n) is 3.19. The number of anilines is 1. The van der Waals surface area contributed by atoms with E-state index >= 15 is 0 Å². The fourth-order valence-electron chi connectivity index (χ4n) is 1.36. The Kier molecular flexibility index (Phi) is 2.56. The van der Waals surface area contributed by atoms with E-state index in [4.69, 9.17) is 17.3 Å². The van der Waals surface area contributed by atoms with Gasteiger partial charge in [-0.1, -0.05) is 0 Å². The van der Waals surface area contributed by atoms with Gasteiger partial charge in [0.05, 0.1) is 12.9 Å². The summed E-state index contributed by atoms with van der Waals surface area (Å²) in [6, 6.07) is 0. The Balaban J connectivity index is 2.39. The zero-order valence-electron chi connectivity index (χ0n) is 8.46. The molecule has 7 N–H and O–H groups in total. The van der Waals surface area contributed by atoms with Crippen LogP contribution in [0.2, 0.25) is 0 Å². The number of allylic oxidation sites excluding steroid dienone is 1. The molecule has 0 bridgehead atoms. The lowest BCUT2D eigenvalue weighted by atomic mass is 10.4. The van der Waals surface area contributed by atoms with Gasteiger partial charge >= 0.3 is 0 Å². The van der Waals surface area contributed by atoms with Crippen LogP contribution >= 0.6 is 0 Å². The van der Waals surface area contributed by atoms with Crippen molar-refractivity contribution < 1.29 is 0 Å². The number of hydrogen-bond acceptors (Lipinski definition) is 7. The molecular formula is C8H12N8. The SMILES string of the molecule is NN/C=C(\N)Cn1cnc2c(N)ncnc21. The maximum absolute atomic E-state index is 5.70. The van der Waals surface area contributed by atoms with Crippen molar-refractivity contribution in [3.63, 3.8) is 0 Å². The smallest absolute Gasteiger partial charge is 0.165 e. The van der Waals surface area contributed by atoms with Gasteiger partial charge in [0.1, 0.15) is 11.8 Å². The molecule has 84 valence electrons. The molecule has 0 amide bonds. The van der Waals surface area contributed by atoms with Crippen LogP contribution in [-0.4, -0.2) is 19.5 Å². The minimum atomic E-state index is 0.350. The van der Waals surface area contributed by atoms with Gasteiger partial charge in [-0.05, 0) is 0 Å². The molecule has 0 aliphatic heterocycles. The minimum absolute atomic E-state index is 0.350. The maximum atomic E-state index is 5.70. The first-order valence-electron chi connectivity index (χ1n) is 4.54. The van der Waals surface area contributed by atoms with Gasteiger partial charge in [-0.15, -0.1) is 0 Å². The van der Waals surface area contributed by atoms with Gasteiger partial charge in [0.2, 0.25) is 0 Å². The van der Waals surface area contributed by atoms with Crippen LogP contribution < -0.4 is 22.7 Å². The van der Waals surface area contributed by atoms with Crippen molar-refractivity contribution in [2.75, 3.05) is 5.73 Å². The van der Waals surface area contributed by atoms with Crippen LogP contribution in [-0.2, 0) is 6.54 Å². The minimum Gasteiger partial charge on any atom is -0.399 e. The first-order chi connectivity index (χ1) is 7.72. The summed E-state index contributed by atoms with van der Waals surface area (Å²) < 4.78 is 1.76. The summed E-state index contributed by atoms with van der Waals surface area (Å²) >= 11 is 0. The lowest BCUT2D eigenvalue weighted by Crippen LogP contribution is -2.18. The van der Waals surface area contributed by atoms with Gasteiger partial charge in [0, 0.05) is 11.9 Å². The van der Waals surface area contributed by atoms with E-state index < -0.39 is 0 Å². The van der Waals surface area contributed by atoms with Crippen LogP contribution in [0.25, 0.3) is 11.2 Å². The zero-order chi connectivity index (χ0) is 11.5. The predicted octanol–water partition coefficient (Wildman–Crippen LogP) is -1.33. The monoisotopic (exact) mass is 220 g/mol. The van der Waals surface area contributed by atoms with Gasteiger partial charge in [0.25, 0.3) is 0 Å². The number of fused-ring (bicyclic) bond motifs is 1. The molecule has 0 saturated heterocycles. The van der Waals surface area contributed by atoms with E-state index in [1.165, 1.54) is 12.5 Å². The molecule has 0 aliphatic rings. The summed E-state index contributed by atoms with van der Waals surface area (Å²) in [5.41, 5.74) is 15.5. The van der Waals surface area contributed by atoms with E-state index in [2.05, 4.69) is 20.4 Å². The summed E-state index contributed by atoms with van der Waals surface area (Å²) in [6.07, 6.45) is 4.49. The molecule has 0 unspecified atom stereocenters. The Hall–Kier alpha value is -2.35. The summed E-state index contributed by atoms with van der Waals surface area (Å²) in [4.78, 5) is 12.0. The highest BCUT2D eigenvalue weighted by Gasteiger charge is 2.07. The van der Waals surface area contributed by atoms with Crippen molar-refractivity contribution in [3.8, 4) is 0 Å². The van der Waals surface area contributed by atoms with Crippen LogP contribution in [0.4, 0.5) is 5.82 Å². The summed E-state index contributed by atoms with van der Waals surface area (Å²) in [5.74, 6) is 5.47. The third-order valence-corrected chi connectivity index (χ3v) is 2.05. The average molecular weight is 220 g/mol. The van der Waals surface area contributed by atoms with Crippen LogP contribution in [0.3, 0.4) is 0 Å². The van der Waals surface area contributed by atoms with Crippen molar-refractivity contribution in [1.29, 1.82) is 0 Å². The second-order valence-corrected chi connectivity index (χ2v) is 3.19. The summed E-state index contributed by atoms with van der Waals surface area (Å²) in [7, 11) is 0. The largest absolute Gasteiger partial charge is 0.399 e. The molecular weight excluding hydrogens is 208 g/mol. The third-order valence-electron chi connectivity index (χ3n) is 2.05. The quantitative estimate of drug-likeness (QED) is 0.372. The molecule has 2 aromatic heterocycles. The highest BCUT2D eigenvalue weighted by atomic mass is 15.2. The first-order valence-corrected chi connectivity index (χ1v) is 4.54. The molecule has 8 heteroatoms. The molecule has 0 spiro atoms. The van der Waals surface area contributed by atoms with Crippen LogP contribution in [0.1, 0.15) is 0 Å². The van der Waals surface area contributed by atoms with E-state index in [0.717, 1.165) is 0 Å². The number of rotatable bonds is 3. The number of nitrogens with two attached hydrogens (primary N) is 3. The second kappa shape index (κ2) is 4.03. The van der Waals surface area contributed by atoms with Crippen molar-refractivity contribution in [2.24, 2.45) is 11.6 Å². The molecule has 0 atom stereocenters. The first kappa shape index (κ1) is 10.2. The molecule has 8 nitrogen and oxygen atoms in total. The highest BCUT2D eigenvalue weighted by Crippen LogP contribution is 2.14. The predicted molar refractivity (Wildman–Crippen MR) is 59.3 cm³/mol. The third kappa shape index (κ3) is 1.73. The molecule has 2 rings (SSSR count). The lowest BCUT2D eigenvalue weighted by Gasteiger charge is -2.03. The van der Waals surface area contributed by atoms with E-state index in [1.807, 2.05) is 0 Å².